The normalized spacial score (nSPS) is 18.4. The number of imide groups is 1. The maximum absolute atomic E-state index is 13.4. The molecule has 1 aromatic heterocycles. The highest BCUT2D eigenvalue weighted by Crippen LogP contribution is 2.33. The van der Waals surface area contributed by atoms with Gasteiger partial charge in [-0.3, -0.25) is 14.5 Å². The number of carbonyl (C=O) groups excluding carboxylic acids is 3. The molecule has 0 N–H and O–H groups in total. The van der Waals surface area contributed by atoms with Crippen molar-refractivity contribution >= 4 is 23.9 Å². The number of nitriles is 1. The van der Waals surface area contributed by atoms with Gasteiger partial charge in [0.15, 0.2) is 0 Å². The predicted molar refractivity (Wildman–Crippen MR) is 125 cm³/mol. The Balaban J connectivity index is 1.64. The lowest BCUT2D eigenvalue weighted by Gasteiger charge is -2.36. The van der Waals surface area contributed by atoms with Crippen molar-refractivity contribution < 1.29 is 23.5 Å². The number of benzene rings is 1. The highest BCUT2D eigenvalue weighted by atomic mass is 16.5. The first-order chi connectivity index (χ1) is 16.4. The first-order valence-electron chi connectivity index (χ1n) is 11.5. The molecular formula is C27H26N2O5. The van der Waals surface area contributed by atoms with E-state index in [0.717, 1.165) is 37.7 Å². The van der Waals surface area contributed by atoms with Gasteiger partial charge in [-0.05, 0) is 62.6 Å². The highest BCUT2D eigenvalue weighted by molar-refractivity contribution is 6.19. The van der Waals surface area contributed by atoms with Crippen LogP contribution in [0.2, 0.25) is 0 Å². The second kappa shape index (κ2) is 9.92. The van der Waals surface area contributed by atoms with Gasteiger partial charge in [-0.1, -0.05) is 31.4 Å². The van der Waals surface area contributed by atoms with Gasteiger partial charge in [-0.2, -0.15) is 5.26 Å². The maximum atomic E-state index is 13.4. The average molecular weight is 459 g/mol. The number of rotatable bonds is 5. The van der Waals surface area contributed by atoms with Gasteiger partial charge in [0, 0.05) is 17.2 Å². The van der Waals surface area contributed by atoms with E-state index in [1.165, 1.54) is 4.90 Å². The number of amides is 2. The first-order valence-corrected chi connectivity index (χ1v) is 11.5. The first kappa shape index (κ1) is 23.2. The van der Waals surface area contributed by atoms with Crippen molar-refractivity contribution in [2.45, 2.75) is 52.0 Å². The Morgan fingerprint density at radius 1 is 1.12 bits per heavy atom. The summed E-state index contributed by atoms with van der Waals surface area (Å²) in [6.45, 7) is 3.68. The van der Waals surface area contributed by atoms with Crippen LogP contribution in [0.25, 0.3) is 17.4 Å². The maximum Gasteiger partial charge on any atom is 0.338 e. The van der Waals surface area contributed by atoms with Crippen molar-refractivity contribution in [1.82, 2.24) is 4.90 Å². The number of ether oxygens (including phenoxy) is 1. The van der Waals surface area contributed by atoms with E-state index in [4.69, 9.17) is 9.15 Å². The van der Waals surface area contributed by atoms with Gasteiger partial charge >= 0.3 is 5.97 Å². The Morgan fingerprint density at radius 3 is 2.47 bits per heavy atom. The van der Waals surface area contributed by atoms with Gasteiger partial charge in [-0.25, -0.2) is 4.79 Å². The fourth-order valence-corrected chi connectivity index (χ4v) is 4.48. The van der Waals surface area contributed by atoms with Crippen LogP contribution in [-0.4, -0.2) is 35.3 Å². The van der Waals surface area contributed by atoms with E-state index >= 15 is 0 Å². The summed E-state index contributed by atoms with van der Waals surface area (Å²) in [6, 6.07) is 12.2. The van der Waals surface area contributed by atoms with Crippen molar-refractivity contribution in [2.24, 2.45) is 0 Å². The van der Waals surface area contributed by atoms with Crippen molar-refractivity contribution in [1.29, 1.82) is 5.26 Å². The largest absolute Gasteiger partial charge is 0.462 e. The van der Waals surface area contributed by atoms with Crippen LogP contribution < -0.4 is 0 Å². The highest BCUT2D eigenvalue weighted by Gasteiger charge is 2.40. The third-order valence-electron chi connectivity index (χ3n) is 6.31. The third kappa shape index (κ3) is 4.44. The molecule has 0 saturated heterocycles. The molecule has 0 radical (unpaired) electrons. The molecule has 2 amide bonds. The molecule has 7 nitrogen and oxygen atoms in total. The summed E-state index contributed by atoms with van der Waals surface area (Å²) >= 11 is 0. The zero-order valence-electron chi connectivity index (χ0n) is 19.3. The average Bonchev–Trinajstić information content (AvgIpc) is 3.32. The molecule has 1 fully saturated rings. The van der Waals surface area contributed by atoms with Gasteiger partial charge in [0.2, 0.25) is 0 Å². The van der Waals surface area contributed by atoms with Crippen molar-refractivity contribution in [3.63, 3.8) is 0 Å². The summed E-state index contributed by atoms with van der Waals surface area (Å²) in [4.78, 5) is 39.4. The smallest absolute Gasteiger partial charge is 0.338 e. The Kier molecular flexibility index (Phi) is 6.78. The van der Waals surface area contributed by atoms with Crippen molar-refractivity contribution in [2.75, 3.05) is 6.61 Å². The summed E-state index contributed by atoms with van der Waals surface area (Å²) in [7, 11) is 0. The molecule has 2 aliphatic rings. The van der Waals surface area contributed by atoms with Crippen LogP contribution in [0.3, 0.4) is 0 Å². The molecule has 0 bridgehead atoms. The van der Waals surface area contributed by atoms with E-state index in [1.54, 1.807) is 56.3 Å². The SMILES string of the molecule is CCOC(=O)c1ccc(-c2ccc(/C=C3/C(=O)N(C4CCCCC4)C(=O)C(C#N)=C3C)o2)cc1. The van der Waals surface area contributed by atoms with E-state index in [9.17, 15) is 19.6 Å². The molecule has 0 spiro atoms. The third-order valence-corrected chi connectivity index (χ3v) is 6.31. The number of hydrogen-bond acceptors (Lipinski definition) is 6. The number of carbonyl (C=O) groups is 3. The zero-order chi connectivity index (χ0) is 24.2. The molecule has 34 heavy (non-hydrogen) atoms. The molecule has 4 rings (SSSR count). The zero-order valence-corrected chi connectivity index (χ0v) is 19.3. The van der Waals surface area contributed by atoms with Crippen LogP contribution in [0.15, 0.2) is 57.5 Å². The van der Waals surface area contributed by atoms with E-state index in [0.29, 0.717) is 34.8 Å². The fraction of sp³-hybridized carbons (Fsp3) is 0.333. The molecule has 2 aromatic rings. The molecule has 1 saturated carbocycles. The van der Waals surface area contributed by atoms with E-state index in [2.05, 4.69) is 0 Å². The van der Waals surface area contributed by atoms with Crippen LogP contribution >= 0.6 is 0 Å². The lowest BCUT2D eigenvalue weighted by Crippen LogP contribution is -2.49. The Labute approximate surface area is 198 Å². The van der Waals surface area contributed by atoms with Gasteiger partial charge < -0.3 is 9.15 Å². The molecule has 2 heterocycles. The molecular weight excluding hydrogens is 432 g/mol. The summed E-state index contributed by atoms with van der Waals surface area (Å²) in [5.41, 5.74) is 1.86. The summed E-state index contributed by atoms with van der Waals surface area (Å²) < 4.78 is 10.9. The number of nitrogens with zero attached hydrogens (tertiary/aromatic N) is 2. The molecule has 0 unspecified atom stereocenters. The van der Waals surface area contributed by atoms with Crippen molar-refractivity contribution in [3.8, 4) is 17.4 Å². The Bertz CT molecular complexity index is 1220. The number of esters is 1. The molecule has 1 aliphatic heterocycles. The standard InChI is InChI=1S/C27H26N2O5/c1-3-33-27(32)19-11-9-18(10-12-19)24-14-13-21(34-24)15-22-17(2)23(16-28)26(31)29(25(22)30)20-7-5-4-6-8-20/h9-15,20H,3-8H2,1-2H3/b22-15+. The van der Waals surface area contributed by atoms with E-state index in [1.807, 2.05) is 6.07 Å². The van der Waals surface area contributed by atoms with E-state index in [-0.39, 0.29) is 23.5 Å². The molecule has 174 valence electrons. The fourth-order valence-electron chi connectivity index (χ4n) is 4.48. The quantitative estimate of drug-likeness (QED) is 0.353. The Hall–Kier alpha value is -3.92. The summed E-state index contributed by atoms with van der Waals surface area (Å²) in [5, 5.41) is 9.62. The minimum Gasteiger partial charge on any atom is -0.462 e. The monoisotopic (exact) mass is 458 g/mol. The molecule has 7 heteroatoms. The van der Waals surface area contributed by atoms with E-state index < -0.39 is 5.91 Å². The second-order valence-corrected chi connectivity index (χ2v) is 8.44. The van der Waals surface area contributed by atoms with Crippen LogP contribution in [0.4, 0.5) is 0 Å². The lowest BCUT2D eigenvalue weighted by atomic mass is 9.89. The Morgan fingerprint density at radius 2 is 1.82 bits per heavy atom. The van der Waals surface area contributed by atoms with Crippen LogP contribution in [0, 0.1) is 11.3 Å². The molecule has 1 aliphatic carbocycles. The van der Waals surface area contributed by atoms with Crippen molar-refractivity contribution in [3.05, 3.63) is 64.4 Å². The van der Waals surface area contributed by atoms with Gasteiger partial charge in [-0.15, -0.1) is 0 Å². The number of furan rings is 1. The van der Waals surface area contributed by atoms with Crippen LogP contribution in [0.1, 0.15) is 62.1 Å². The lowest BCUT2D eigenvalue weighted by molar-refractivity contribution is -0.143. The summed E-state index contributed by atoms with van der Waals surface area (Å²) in [6.07, 6.45) is 6.12. The van der Waals surface area contributed by atoms with Gasteiger partial charge in [0.1, 0.15) is 23.2 Å². The number of hydrogen-bond donors (Lipinski definition) is 0. The van der Waals surface area contributed by atoms with Gasteiger partial charge in [0.05, 0.1) is 12.2 Å². The minimum absolute atomic E-state index is 0.00208. The van der Waals surface area contributed by atoms with Gasteiger partial charge in [0.25, 0.3) is 11.8 Å². The molecule has 1 aromatic carbocycles. The molecule has 0 atom stereocenters. The summed E-state index contributed by atoms with van der Waals surface area (Å²) in [5.74, 6) is -0.279. The second-order valence-electron chi connectivity index (χ2n) is 8.44. The minimum atomic E-state index is -0.504. The van der Waals surface area contributed by atoms with Crippen LogP contribution in [0.5, 0.6) is 0 Å². The predicted octanol–water partition coefficient (Wildman–Crippen LogP) is 5.05. The van der Waals surface area contributed by atoms with Crippen LogP contribution in [-0.2, 0) is 14.3 Å². The topological polar surface area (TPSA) is 101 Å².